The van der Waals surface area contributed by atoms with Crippen molar-refractivity contribution in [3.05, 3.63) is 64.8 Å². The Hall–Kier alpha value is -2.05. The number of hydrogen-bond donors (Lipinski definition) is 3. The van der Waals surface area contributed by atoms with Crippen molar-refractivity contribution in [3.63, 3.8) is 0 Å². The molecule has 3 N–H and O–H groups in total. The summed E-state index contributed by atoms with van der Waals surface area (Å²) < 4.78 is 11.2. The van der Waals surface area contributed by atoms with Crippen molar-refractivity contribution >= 4 is 22.5 Å². The molecule has 0 aliphatic heterocycles. The van der Waals surface area contributed by atoms with E-state index in [9.17, 15) is 5.11 Å². The highest BCUT2D eigenvalue weighted by atomic mass is 35.5. The third kappa shape index (κ3) is 5.97. The zero-order valence-corrected chi connectivity index (χ0v) is 17.7. The number of ether oxygens (including phenoxy) is 2. The summed E-state index contributed by atoms with van der Waals surface area (Å²) in [7, 11) is 0. The topological polar surface area (TPSA) is 66.5 Å². The fourth-order valence-electron chi connectivity index (χ4n) is 3.38. The number of fused-ring (bicyclic) bond motifs is 1. The van der Waals surface area contributed by atoms with Crippen molar-refractivity contribution in [2.45, 2.75) is 32.4 Å². The second kappa shape index (κ2) is 10.6. The number of aromatic nitrogens is 1. The molecule has 0 amide bonds. The quantitative estimate of drug-likeness (QED) is 0.403. The van der Waals surface area contributed by atoms with E-state index >= 15 is 0 Å². The maximum absolute atomic E-state index is 10.4. The molecule has 0 saturated heterocycles. The Morgan fingerprint density at radius 1 is 1.17 bits per heavy atom. The van der Waals surface area contributed by atoms with Crippen molar-refractivity contribution in [1.82, 2.24) is 10.3 Å². The average Bonchev–Trinajstić information content (AvgIpc) is 3.13. The highest BCUT2D eigenvalue weighted by Gasteiger charge is 2.13. The Balaban J connectivity index is 1.58. The van der Waals surface area contributed by atoms with Gasteiger partial charge in [-0.05, 0) is 49.6 Å². The Morgan fingerprint density at radius 3 is 2.79 bits per heavy atom. The molecule has 0 fully saturated rings. The SMILES string of the molecule is CCOCCOc1cccc2c(CC(C)NC[C@H](O)c3cccc(Cl)c3)c[nH]c12. The van der Waals surface area contributed by atoms with Crippen LogP contribution >= 0.6 is 11.6 Å². The first kappa shape index (κ1) is 21.7. The van der Waals surface area contributed by atoms with Crippen LogP contribution < -0.4 is 10.1 Å². The van der Waals surface area contributed by atoms with Crippen molar-refractivity contribution in [3.8, 4) is 5.75 Å². The number of halogens is 1. The van der Waals surface area contributed by atoms with Crippen LogP contribution in [0.5, 0.6) is 5.75 Å². The number of H-pyrrole nitrogens is 1. The van der Waals surface area contributed by atoms with Crippen LogP contribution in [0.15, 0.2) is 48.7 Å². The van der Waals surface area contributed by atoms with E-state index in [0.29, 0.717) is 31.4 Å². The molecular weight excluding hydrogens is 388 g/mol. The Morgan fingerprint density at radius 2 is 2.00 bits per heavy atom. The Kier molecular flexibility index (Phi) is 7.95. The summed E-state index contributed by atoms with van der Waals surface area (Å²) >= 11 is 6.01. The standard InChI is InChI=1S/C23H29ClN2O3/c1-3-28-10-11-29-22-9-5-8-20-18(14-26-23(20)22)12-16(2)25-15-21(27)17-6-4-7-19(24)13-17/h4-9,13-14,16,21,25-27H,3,10-12,15H2,1-2H3/t16?,21-/m0/s1. The fourth-order valence-corrected chi connectivity index (χ4v) is 3.57. The minimum absolute atomic E-state index is 0.199. The smallest absolute Gasteiger partial charge is 0.143 e. The summed E-state index contributed by atoms with van der Waals surface area (Å²) in [6.07, 6.45) is 2.28. The normalized spacial score (nSPS) is 13.5. The maximum Gasteiger partial charge on any atom is 0.143 e. The van der Waals surface area contributed by atoms with E-state index in [1.54, 1.807) is 12.1 Å². The molecule has 0 spiro atoms. The number of aliphatic hydroxyl groups excluding tert-OH is 1. The highest BCUT2D eigenvalue weighted by Crippen LogP contribution is 2.28. The van der Waals surface area contributed by atoms with Gasteiger partial charge in [0.15, 0.2) is 0 Å². The predicted octanol–water partition coefficient (Wildman–Crippen LogP) is 4.49. The lowest BCUT2D eigenvalue weighted by atomic mass is 10.0. The van der Waals surface area contributed by atoms with Gasteiger partial charge in [-0.2, -0.15) is 0 Å². The maximum atomic E-state index is 10.4. The van der Waals surface area contributed by atoms with Crippen molar-refractivity contribution in [2.24, 2.45) is 0 Å². The van der Waals surface area contributed by atoms with E-state index < -0.39 is 6.10 Å². The lowest BCUT2D eigenvalue weighted by molar-refractivity contribution is 0.110. The van der Waals surface area contributed by atoms with Crippen molar-refractivity contribution < 1.29 is 14.6 Å². The van der Waals surface area contributed by atoms with Crippen molar-refractivity contribution in [1.29, 1.82) is 0 Å². The number of benzene rings is 2. The molecule has 1 heterocycles. The van der Waals surface area contributed by atoms with Crippen LogP contribution in [0.2, 0.25) is 5.02 Å². The van der Waals surface area contributed by atoms with Gasteiger partial charge in [-0.3, -0.25) is 0 Å². The van der Waals surface area contributed by atoms with Gasteiger partial charge in [0.05, 0.1) is 18.2 Å². The van der Waals surface area contributed by atoms with Crippen LogP contribution in [-0.4, -0.2) is 42.5 Å². The summed E-state index contributed by atoms with van der Waals surface area (Å²) in [5.74, 6) is 0.838. The molecule has 1 aromatic heterocycles. The summed E-state index contributed by atoms with van der Waals surface area (Å²) in [5, 5.41) is 15.6. The highest BCUT2D eigenvalue weighted by molar-refractivity contribution is 6.30. The first-order valence-corrected chi connectivity index (χ1v) is 10.4. The van der Waals surface area contributed by atoms with E-state index in [1.807, 2.05) is 37.4 Å². The molecular formula is C23H29ClN2O3. The molecule has 5 nitrogen and oxygen atoms in total. The van der Waals surface area contributed by atoms with Gasteiger partial charge in [-0.25, -0.2) is 0 Å². The van der Waals surface area contributed by atoms with Gasteiger partial charge in [0, 0.05) is 35.8 Å². The number of nitrogens with one attached hydrogen (secondary N) is 2. The molecule has 1 unspecified atom stereocenters. The van der Waals surface area contributed by atoms with E-state index in [0.717, 1.165) is 28.6 Å². The zero-order valence-electron chi connectivity index (χ0n) is 17.0. The van der Waals surface area contributed by atoms with Crippen molar-refractivity contribution in [2.75, 3.05) is 26.4 Å². The lowest BCUT2D eigenvalue weighted by Gasteiger charge is -2.17. The molecule has 0 radical (unpaired) electrons. The molecule has 3 aromatic rings. The van der Waals surface area contributed by atoms with Gasteiger partial charge in [0.2, 0.25) is 0 Å². The van der Waals surface area contributed by atoms with Gasteiger partial charge in [-0.1, -0.05) is 35.9 Å². The van der Waals surface area contributed by atoms with E-state index in [1.165, 1.54) is 5.56 Å². The van der Waals surface area contributed by atoms with Crippen LogP contribution in [0.3, 0.4) is 0 Å². The third-order valence-electron chi connectivity index (χ3n) is 4.87. The molecule has 3 rings (SSSR count). The van der Waals surface area contributed by atoms with Gasteiger partial charge in [-0.15, -0.1) is 0 Å². The molecule has 0 saturated carbocycles. The van der Waals surface area contributed by atoms with Gasteiger partial charge in [0.25, 0.3) is 0 Å². The average molecular weight is 417 g/mol. The second-order valence-corrected chi connectivity index (χ2v) is 7.56. The Bertz CT molecular complexity index is 912. The van der Waals surface area contributed by atoms with Crippen LogP contribution in [-0.2, 0) is 11.2 Å². The summed E-state index contributed by atoms with van der Waals surface area (Å²) in [6, 6.07) is 13.6. The van der Waals surface area contributed by atoms with Crippen LogP contribution in [0.4, 0.5) is 0 Å². The molecule has 156 valence electrons. The first-order valence-electron chi connectivity index (χ1n) is 10.0. The van der Waals surface area contributed by atoms with Gasteiger partial charge >= 0.3 is 0 Å². The molecule has 29 heavy (non-hydrogen) atoms. The monoisotopic (exact) mass is 416 g/mol. The molecule has 2 atom stereocenters. The molecule has 0 bridgehead atoms. The summed E-state index contributed by atoms with van der Waals surface area (Å²) in [4.78, 5) is 3.34. The number of aliphatic hydroxyl groups is 1. The largest absolute Gasteiger partial charge is 0.489 e. The third-order valence-corrected chi connectivity index (χ3v) is 5.11. The number of aromatic amines is 1. The summed E-state index contributed by atoms with van der Waals surface area (Å²) in [5.41, 5.74) is 3.04. The number of para-hydroxylation sites is 1. The Labute approximate surface area is 177 Å². The van der Waals surface area contributed by atoms with E-state index in [-0.39, 0.29) is 6.04 Å². The zero-order chi connectivity index (χ0) is 20.6. The number of rotatable bonds is 11. The second-order valence-electron chi connectivity index (χ2n) is 7.12. The molecule has 6 heteroatoms. The van der Waals surface area contributed by atoms with E-state index in [2.05, 4.69) is 23.3 Å². The molecule has 2 aromatic carbocycles. The number of hydrogen-bond acceptors (Lipinski definition) is 4. The lowest BCUT2D eigenvalue weighted by Crippen LogP contribution is -2.32. The minimum Gasteiger partial charge on any atom is -0.489 e. The van der Waals surface area contributed by atoms with Crippen LogP contribution in [0, 0.1) is 0 Å². The summed E-state index contributed by atoms with van der Waals surface area (Å²) in [6.45, 7) is 6.36. The van der Waals surface area contributed by atoms with Crippen LogP contribution in [0.1, 0.15) is 31.1 Å². The molecule has 0 aliphatic rings. The van der Waals surface area contributed by atoms with Gasteiger partial charge < -0.3 is 24.9 Å². The fraction of sp³-hybridized carbons (Fsp3) is 0.391. The predicted molar refractivity (Wildman–Crippen MR) is 118 cm³/mol. The minimum atomic E-state index is -0.593. The van der Waals surface area contributed by atoms with Gasteiger partial charge in [0.1, 0.15) is 12.4 Å². The van der Waals surface area contributed by atoms with Crippen LogP contribution in [0.25, 0.3) is 10.9 Å². The first-order chi connectivity index (χ1) is 14.1. The molecule has 0 aliphatic carbocycles. The van der Waals surface area contributed by atoms with E-state index in [4.69, 9.17) is 21.1 Å².